The molecule has 0 N–H and O–H groups in total. The lowest BCUT2D eigenvalue weighted by molar-refractivity contribution is -0.137. The Kier molecular flexibility index (Phi) is 12.4. The number of unbranched alkanes of at least 4 members (excludes halogenated alkanes) is 1. The van der Waals surface area contributed by atoms with Gasteiger partial charge in [-0.2, -0.15) is 0 Å². The molecular weight excluding hydrogens is 757 g/mol. The van der Waals surface area contributed by atoms with Crippen molar-refractivity contribution in [2.45, 2.75) is 123 Å². The molecule has 1 saturated heterocycles. The first-order valence-corrected chi connectivity index (χ1v) is 22.8. The van der Waals surface area contributed by atoms with Gasteiger partial charge in [-0.15, -0.1) is 0 Å². The van der Waals surface area contributed by atoms with Gasteiger partial charge in [0.25, 0.3) is 11.8 Å². The van der Waals surface area contributed by atoms with Crippen LogP contribution in [0.2, 0.25) is 0 Å². The summed E-state index contributed by atoms with van der Waals surface area (Å²) in [6.07, 6.45) is 21.2. The number of imide groups is 2. The molecule has 2 aliphatic heterocycles. The number of urea groups is 1. The Bertz CT molecular complexity index is 2580. The van der Waals surface area contributed by atoms with Gasteiger partial charge in [0.05, 0.1) is 12.6 Å². The van der Waals surface area contributed by atoms with E-state index in [4.69, 9.17) is 4.74 Å². The number of benzene rings is 3. The van der Waals surface area contributed by atoms with Crippen molar-refractivity contribution in [3.8, 4) is 0 Å². The molecule has 318 valence electrons. The number of aromatic nitrogens is 1. The van der Waals surface area contributed by atoms with E-state index >= 15 is 0 Å². The first-order chi connectivity index (χ1) is 29.6. The summed E-state index contributed by atoms with van der Waals surface area (Å²) in [4.78, 5) is 48.9. The van der Waals surface area contributed by atoms with Gasteiger partial charge < -0.3 is 14.2 Å². The van der Waals surface area contributed by atoms with Crippen molar-refractivity contribution >= 4 is 57.4 Å². The molecule has 2 fully saturated rings. The van der Waals surface area contributed by atoms with Gasteiger partial charge in [-0.05, 0) is 117 Å². The maximum atomic E-state index is 14.9. The minimum Gasteiger partial charge on any atom is -0.383 e. The maximum Gasteiger partial charge on any atom is 0.334 e. The van der Waals surface area contributed by atoms with Gasteiger partial charge >= 0.3 is 6.03 Å². The van der Waals surface area contributed by atoms with Gasteiger partial charge in [-0.25, -0.2) is 4.79 Å². The fraction of sp³-hybridized carbons (Fsp3) is 0.415. The molecule has 0 radical (unpaired) electrons. The number of hydrogen-bond donors (Lipinski definition) is 0. The predicted molar refractivity (Wildman–Crippen MR) is 249 cm³/mol. The second-order valence-electron chi connectivity index (χ2n) is 17.5. The lowest BCUT2D eigenvalue weighted by atomic mass is 9.86. The second kappa shape index (κ2) is 17.9. The highest BCUT2D eigenvalue weighted by Crippen LogP contribution is 2.51. The first-order valence-electron chi connectivity index (χ1n) is 22.8. The number of rotatable bonds is 14. The van der Waals surface area contributed by atoms with Crippen molar-refractivity contribution in [2.75, 3.05) is 25.2 Å². The van der Waals surface area contributed by atoms with Gasteiger partial charge in [-0.1, -0.05) is 107 Å². The summed E-state index contributed by atoms with van der Waals surface area (Å²) >= 11 is 0. The number of anilines is 1. The van der Waals surface area contributed by atoms with E-state index in [1.165, 1.54) is 54.0 Å². The Labute approximate surface area is 361 Å². The smallest absolute Gasteiger partial charge is 0.334 e. The molecule has 3 aromatic carbocycles. The van der Waals surface area contributed by atoms with Crippen molar-refractivity contribution in [3.63, 3.8) is 0 Å². The summed E-state index contributed by atoms with van der Waals surface area (Å²) in [7, 11) is 1.57. The van der Waals surface area contributed by atoms with Gasteiger partial charge in [0.2, 0.25) is 0 Å². The third-order valence-corrected chi connectivity index (χ3v) is 13.4. The quantitative estimate of drug-likeness (QED) is 0.0936. The zero-order chi connectivity index (χ0) is 42.9. The highest BCUT2D eigenvalue weighted by atomic mass is 16.5. The third kappa shape index (κ3) is 7.41. The molecule has 4 amide bonds. The number of carbonyl (C=O) groups excluding carboxylic acids is 3. The topological polar surface area (TPSA) is 75.1 Å². The number of methoxy groups -OCH3 is 1. The summed E-state index contributed by atoms with van der Waals surface area (Å²) < 4.78 is 7.94. The zero-order valence-electron chi connectivity index (χ0n) is 37.2. The van der Waals surface area contributed by atoms with E-state index in [0.29, 0.717) is 30.9 Å². The largest absolute Gasteiger partial charge is 0.383 e. The molecule has 0 bridgehead atoms. The number of hydrogen-bond acceptors (Lipinski definition) is 5. The number of ether oxygens (including phenoxy) is 1. The Morgan fingerprint density at radius 2 is 1.46 bits per heavy atom. The van der Waals surface area contributed by atoms with Crippen LogP contribution in [-0.2, 0) is 14.3 Å². The van der Waals surface area contributed by atoms with Crippen LogP contribution < -0.4 is 10.2 Å². The zero-order valence-corrected chi connectivity index (χ0v) is 37.2. The van der Waals surface area contributed by atoms with E-state index in [0.717, 1.165) is 55.0 Å². The average Bonchev–Trinajstić information content (AvgIpc) is 3.91. The highest BCUT2D eigenvalue weighted by Gasteiger charge is 2.47. The highest BCUT2D eigenvalue weighted by molar-refractivity contribution is 6.30. The number of carbonyl (C=O) groups is 3. The van der Waals surface area contributed by atoms with Crippen LogP contribution in [0.4, 0.5) is 10.5 Å². The SMILES string of the molecule is CCCCN1C(=O)/C(=C2C(=C/C=C3/C4CC=Cc5cccc(c54)N3C(C)CCC)/CCC/2=C\C=c2\c3cccc4cccc(c43)n2C(C)CCC)C(=O)N(C(C)COC)C1=O. The Hall–Kier alpha value is -5.47. The summed E-state index contributed by atoms with van der Waals surface area (Å²) in [6.45, 7) is 13.3. The first kappa shape index (κ1) is 42.2. The number of barbiturate groups is 1. The monoisotopic (exact) mass is 818 g/mol. The second-order valence-corrected chi connectivity index (χ2v) is 17.5. The summed E-state index contributed by atoms with van der Waals surface area (Å²) in [6, 6.07) is 19.1. The molecule has 4 atom stereocenters. The molecule has 1 saturated carbocycles. The fourth-order valence-corrected chi connectivity index (χ4v) is 10.6. The summed E-state index contributed by atoms with van der Waals surface area (Å²) in [5, 5.41) is 4.76. The normalized spacial score (nSPS) is 23.0. The molecule has 8 nitrogen and oxygen atoms in total. The van der Waals surface area contributed by atoms with Crippen LogP contribution in [0.15, 0.2) is 107 Å². The summed E-state index contributed by atoms with van der Waals surface area (Å²) in [5.41, 5.74) is 8.99. The van der Waals surface area contributed by atoms with Gasteiger partial charge in [0.1, 0.15) is 5.57 Å². The third-order valence-electron chi connectivity index (χ3n) is 13.4. The molecule has 3 heterocycles. The van der Waals surface area contributed by atoms with Crippen molar-refractivity contribution in [1.82, 2.24) is 14.4 Å². The van der Waals surface area contributed by atoms with Gasteiger partial charge in [0, 0.05) is 64.7 Å². The van der Waals surface area contributed by atoms with Gasteiger partial charge in [-0.3, -0.25) is 19.4 Å². The van der Waals surface area contributed by atoms with Crippen LogP contribution in [0.25, 0.3) is 33.8 Å². The molecular formula is C53H62N4O4. The molecule has 8 rings (SSSR count). The molecule has 2 aliphatic carbocycles. The molecule has 4 aromatic rings. The average molecular weight is 819 g/mol. The predicted octanol–water partition coefficient (Wildman–Crippen LogP) is 11.3. The van der Waals surface area contributed by atoms with Crippen molar-refractivity contribution in [2.24, 2.45) is 0 Å². The van der Waals surface area contributed by atoms with Crippen molar-refractivity contribution < 1.29 is 19.1 Å². The number of allylic oxidation sites excluding steroid dienone is 8. The maximum absolute atomic E-state index is 14.9. The minimum absolute atomic E-state index is 0.0762. The van der Waals surface area contributed by atoms with Crippen LogP contribution in [0.3, 0.4) is 0 Å². The number of amides is 4. The van der Waals surface area contributed by atoms with Crippen molar-refractivity contribution in [3.05, 3.63) is 123 Å². The van der Waals surface area contributed by atoms with Crippen molar-refractivity contribution in [1.29, 1.82) is 0 Å². The standard InChI is InChI=1S/C53H62N4O4/c1-8-11-32-54-51(58)50(52(59)57(53(54)60)36(6)33-61-7)47-39(28-30-43-41-22-12-18-37-20-14-24-45(48(37)41)55(43)34(4)16-9-2)26-27-40(47)29-31-44-42-23-13-19-38-21-15-25-46(49(38)42)56(44)35(5)17-10-3/h12-15,18-22,24-25,28-31,34-36,42H,8-11,16-17,23,26-27,32-33H2,1-7H3/b39-28+,40-29+,43-30-,44-31-,50-47-. The molecule has 0 spiro atoms. The lowest BCUT2D eigenvalue weighted by Crippen LogP contribution is -2.60. The van der Waals surface area contributed by atoms with Crippen LogP contribution in [0.1, 0.15) is 122 Å². The lowest BCUT2D eigenvalue weighted by Gasteiger charge is -2.37. The van der Waals surface area contributed by atoms with Crippen LogP contribution >= 0.6 is 0 Å². The van der Waals surface area contributed by atoms with Crippen LogP contribution in [0.5, 0.6) is 0 Å². The van der Waals surface area contributed by atoms with Crippen LogP contribution in [0, 0.1) is 0 Å². The number of nitrogens with zero attached hydrogens (tertiary/aromatic N) is 4. The molecule has 4 aliphatic rings. The molecule has 4 unspecified atom stereocenters. The Morgan fingerprint density at radius 3 is 2.18 bits per heavy atom. The fourth-order valence-electron chi connectivity index (χ4n) is 10.6. The molecule has 8 heteroatoms. The Balaban J connectivity index is 1.36. The van der Waals surface area contributed by atoms with E-state index in [9.17, 15) is 14.4 Å². The summed E-state index contributed by atoms with van der Waals surface area (Å²) in [5.74, 6) is -0.841. The van der Waals surface area contributed by atoms with E-state index < -0.39 is 23.9 Å². The Morgan fingerprint density at radius 1 is 0.754 bits per heavy atom. The van der Waals surface area contributed by atoms with Gasteiger partial charge in [0.15, 0.2) is 0 Å². The molecule has 1 aromatic heterocycles. The van der Waals surface area contributed by atoms with Crippen LogP contribution in [-0.4, -0.2) is 64.6 Å². The van der Waals surface area contributed by atoms with E-state index in [-0.39, 0.29) is 30.7 Å². The van der Waals surface area contributed by atoms with E-state index in [1.807, 2.05) is 13.8 Å². The van der Waals surface area contributed by atoms with E-state index in [2.05, 4.69) is 128 Å². The van der Waals surface area contributed by atoms with E-state index in [1.54, 1.807) is 7.11 Å². The molecule has 61 heavy (non-hydrogen) atoms. The minimum atomic E-state index is -0.571.